The van der Waals surface area contributed by atoms with Crippen LogP contribution in [0.4, 0.5) is 8.78 Å². The van der Waals surface area contributed by atoms with Gasteiger partial charge in [-0.25, -0.2) is 21.9 Å². The number of carbonyl (C=O) groups is 1. The summed E-state index contributed by atoms with van der Waals surface area (Å²) in [5.74, 6) is -0.632. The first-order chi connectivity index (χ1) is 16.2. The Balaban J connectivity index is 1.52. The van der Waals surface area contributed by atoms with E-state index in [0.717, 1.165) is 18.4 Å². The van der Waals surface area contributed by atoms with Crippen molar-refractivity contribution < 1.29 is 26.7 Å². The fourth-order valence-corrected chi connectivity index (χ4v) is 6.19. The maximum Gasteiger partial charge on any atom is 0.254 e. The zero-order chi connectivity index (χ0) is 24.1. The number of nitrogens with one attached hydrogen (secondary N) is 1. The molecule has 5 rings (SSSR count). The summed E-state index contributed by atoms with van der Waals surface area (Å²) in [6, 6.07) is 11.4. The van der Waals surface area contributed by atoms with Crippen LogP contribution >= 0.6 is 0 Å². The number of rotatable bonds is 7. The lowest BCUT2D eigenvalue weighted by Crippen LogP contribution is -2.58. The van der Waals surface area contributed by atoms with E-state index in [1.807, 2.05) is 30.3 Å². The highest BCUT2D eigenvalue weighted by Gasteiger charge is 2.63. The largest absolute Gasteiger partial charge is 0.365 e. The number of ether oxygens (including phenoxy) is 1. The van der Waals surface area contributed by atoms with Crippen molar-refractivity contribution in [3.8, 4) is 11.1 Å². The van der Waals surface area contributed by atoms with Crippen molar-refractivity contribution in [1.82, 2.24) is 9.62 Å². The van der Waals surface area contributed by atoms with Gasteiger partial charge in [-0.3, -0.25) is 4.79 Å². The minimum absolute atomic E-state index is 0.107. The number of benzene rings is 2. The quantitative estimate of drug-likeness (QED) is 0.646. The molecule has 2 heterocycles. The fraction of sp³-hybridized carbons (Fsp3) is 0.480. The summed E-state index contributed by atoms with van der Waals surface area (Å²) in [4.78, 5) is 15.1. The van der Waals surface area contributed by atoms with Gasteiger partial charge in [0.15, 0.2) is 0 Å². The molecule has 3 atom stereocenters. The monoisotopic (exact) mass is 490 g/mol. The van der Waals surface area contributed by atoms with Crippen LogP contribution in [0.3, 0.4) is 0 Å². The molecular formula is C25H28F2N2O4S. The minimum Gasteiger partial charge on any atom is -0.365 e. The smallest absolute Gasteiger partial charge is 0.254 e. The first-order valence-corrected chi connectivity index (χ1v) is 13.2. The second kappa shape index (κ2) is 8.39. The van der Waals surface area contributed by atoms with Gasteiger partial charge in [-0.2, -0.15) is 0 Å². The van der Waals surface area contributed by atoms with E-state index in [9.17, 15) is 17.6 Å². The normalized spacial score (nSPS) is 27.6. The molecule has 2 aromatic carbocycles. The van der Waals surface area contributed by atoms with Crippen LogP contribution in [0.5, 0.6) is 0 Å². The summed E-state index contributed by atoms with van der Waals surface area (Å²) in [7, 11) is -4.18. The number of alkyl halides is 1. The number of hydrogen-bond acceptors (Lipinski definition) is 4. The van der Waals surface area contributed by atoms with E-state index < -0.39 is 44.9 Å². The molecule has 2 aliphatic heterocycles. The summed E-state index contributed by atoms with van der Waals surface area (Å²) in [5.41, 5.74) is 0.115. The van der Waals surface area contributed by atoms with Gasteiger partial charge in [-0.15, -0.1) is 0 Å². The first kappa shape index (κ1) is 23.4. The Morgan fingerprint density at radius 3 is 2.44 bits per heavy atom. The first-order valence-electron chi connectivity index (χ1n) is 11.5. The van der Waals surface area contributed by atoms with E-state index in [-0.39, 0.29) is 12.3 Å². The molecule has 6 nitrogen and oxygen atoms in total. The van der Waals surface area contributed by atoms with Crippen LogP contribution in [0.1, 0.15) is 31.7 Å². The molecule has 1 spiro atoms. The van der Waals surface area contributed by atoms with Crippen LogP contribution in [0, 0.1) is 11.2 Å². The van der Waals surface area contributed by atoms with Crippen molar-refractivity contribution in [2.75, 3.05) is 19.2 Å². The number of amides is 1. The van der Waals surface area contributed by atoms with Gasteiger partial charge in [-0.05, 0) is 37.3 Å². The second-order valence-electron chi connectivity index (χ2n) is 9.86. The summed E-state index contributed by atoms with van der Waals surface area (Å²) < 4.78 is 61.5. The lowest BCUT2D eigenvalue weighted by Gasteiger charge is -2.41. The summed E-state index contributed by atoms with van der Waals surface area (Å²) in [6.45, 7) is 2.55. The Morgan fingerprint density at radius 1 is 1.15 bits per heavy atom. The molecule has 2 saturated heterocycles. The minimum atomic E-state index is -4.18. The molecular weight excluding hydrogens is 462 g/mol. The average Bonchev–Trinajstić information content (AvgIpc) is 3.54. The maximum atomic E-state index is 15.7. The van der Waals surface area contributed by atoms with E-state index >= 15 is 4.39 Å². The van der Waals surface area contributed by atoms with E-state index in [0.29, 0.717) is 30.7 Å². The summed E-state index contributed by atoms with van der Waals surface area (Å²) >= 11 is 0. The van der Waals surface area contributed by atoms with Crippen LogP contribution in [0.15, 0.2) is 48.5 Å². The van der Waals surface area contributed by atoms with Crippen LogP contribution in [0.2, 0.25) is 0 Å². The highest BCUT2D eigenvalue weighted by Crippen LogP contribution is 2.56. The van der Waals surface area contributed by atoms with Crippen LogP contribution < -0.4 is 4.72 Å². The zero-order valence-electron chi connectivity index (χ0n) is 19.0. The molecule has 3 aliphatic rings. The third-order valence-electron chi connectivity index (χ3n) is 7.58. The summed E-state index contributed by atoms with van der Waals surface area (Å²) in [5, 5.41) is 0. The number of nitrogens with zero attached hydrogens (tertiary/aromatic N) is 1. The number of likely N-dealkylation sites (tertiary alicyclic amines) is 1. The summed E-state index contributed by atoms with van der Waals surface area (Å²) in [6.07, 6.45) is 2.12. The molecule has 1 amide bonds. The molecule has 0 bridgehead atoms. The molecule has 3 fully saturated rings. The lowest BCUT2D eigenvalue weighted by atomic mass is 9.90. The fourth-order valence-electron chi connectivity index (χ4n) is 5.34. The number of carbonyl (C=O) groups excluding carboxylic acids is 1. The van der Waals surface area contributed by atoms with Gasteiger partial charge in [0.1, 0.15) is 11.4 Å². The van der Waals surface area contributed by atoms with Crippen molar-refractivity contribution in [3.05, 3.63) is 59.9 Å². The lowest BCUT2D eigenvalue weighted by molar-refractivity contribution is -0.182. The molecule has 0 radical (unpaired) electrons. The Bertz CT molecular complexity index is 1200. The number of halogens is 2. The van der Waals surface area contributed by atoms with Gasteiger partial charge in [-0.1, -0.05) is 48.5 Å². The van der Waals surface area contributed by atoms with Crippen LogP contribution in [0.25, 0.3) is 11.1 Å². The van der Waals surface area contributed by atoms with Crippen LogP contribution in [-0.4, -0.2) is 56.1 Å². The van der Waals surface area contributed by atoms with E-state index in [2.05, 4.69) is 4.72 Å². The SMILES string of the molecule is CC1(C(=O)N2CC3(CC3)[C@H](NS(=O)(=O)CF)[C@@H]2Cc2cccc(-c3ccccc3)c2F)CCO1. The highest BCUT2D eigenvalue weighted by atomic mass is 32.2. The third-order valence-corrected chi connectivity index (χ3v) is 8.48. The van der Waals surface area contributed by atoms with Gasteiger partial charge in [0.2, 0.25) is 16.0 Å². The maximum absolute atomic E-state index is 15.7. The molecule has 0 aromatic heterocycles. The van der Waals surface area contributed by atoms with Gasteiger partial charge >= 0.3 is 0 Å². The second-order valence-corrected chi connectivity index (χ2v) is 11.5. The Hall–Kier alpha value is -2.36. The number of sulfonamides is 1. The van der Waals surface area contributed by atoms with Gasteiger partial charge in [0.05, 0.1) is 12.6 Å². The topological polar surface area (TPSA) is 75.7 Å². The predicted octanol–water partition coefficient (Wildman–Crippen LogP) is 3.42. The molecule has 1 N–H and O–H groups in total. The van der Waals surface area contributed by atoms with Crippen molar-refractivity contribution in [3.63, 3.8) is 0 Å². The number of hydrogen-bond donors (Lipinski definition) is 1. The van der Waals surface area contributed by atoms with E-state index in [1.54, 1.807) is 30.0 Å². The van der Waals surface area contributed by atoms with Gasteiger partial charge < -0.3 is 9.64 Å². The predicted molar refractivity (Wildman–Crippen MR) is 124 cm³/mol. The average molecular weight is 491 g/mol. The molecule has 1 aliphatic carbocycles. The van der Waals surface area contributed by atoms with Crippen molar-refractivity contribution in [2.45, 2.75) is 50.3 Å². The highest BCUT2D eigenvalue weighted by molar-refractivity contribution is 7.89. The van der Waals surface area contributed by atoms with E-state index in [4.69, 9.17) is 4.74 Å². The molecule has 182 valence electrons. The van der Waals surface area contributed by atoms with Gasteiger partial charge in [0, 0.05) is 30.0 Å². The standard InChI is InChI=1S/C25H28F2N2O4S/c1-24(12-13-33-24)23(30)29-15-25(10-11-25)22(28-34(31,32)16-26)20(29)14-18-8-5-9-19(21(18)27)17-6-3-2-4-7-17/h2-9,20,22,28H,10-16H2,1H3/t20-,22+,24?/m0/s1. The Labute approximate surface area is 198 Å². The van der Waals surface area contributed by atoms with Crippen LogP contribution in [-0.2, 0) is 26.0 Å². The third kappa shape index (κ3) is 4.03. The van der Waals surface area contributed by atoms with Crippen molar-refractivity contribution in [2.24, 2.45) is 5.41 Å². The van der Waals surface area contributed by atoms with E-state index in [1.165, 1.54) is 0 Å². The molecule has 1 unspecified atom stereocenters. The molecule has 9 heteroatoms. The van der Waals surface area contributed by atoms with Crippen molar-refractivity contribution in [1.29, 1.82) is 0 Å². The van der Waals surface area contributed by atoms with Gasteiger partial charge in [0.25, 0.3) is 5.91 Å². The molecule has 2 aromatic rings. The molecule has 1 saturated carbocycles. The molecule has 34 heavy (non-hydrogen) atoms. The van der Waals surface area contributed by atoms with Crippen molar-refractivity contribution >= 4 is 15.9 Å². The zero-order valence-corrected chi connectivity index (χ0v) is 19.8. The Morgan fingerprint density at radius 2 is 1.85 bits per heavy atom. The Kier molecular flexibility index (Phi) is 5.77.